The number of carbonyl (C=O) groups is 2. The molecule has 10 heteroatoms. The number of esters is 1. The second kappa shape index (κ2) is 51.0. The smallest absolute Gasteiger partial charge is 0.456 e. The van der Waals surface area contributed by atoms with Gasteiger partial charge >= 0.3 is 13.8 Å². The van der Waals surface area contributed by atoms with Crippen LogP contribution in [0.5, 0.6) is 0 Å². The van der Waals surface area contributed by atoms with Gasteiger partial charge in [0.1, 0.15) is 19.3 Å². The molecule has 0 spiro atoms. The van der Waals surface area contributed by atoms with Crippen molar-refractivity contribution >= 4 is 19.7 Å². The molecular weight excluding hydrogens is 892 g/mol. The lowest BCUT2D eigenvalue weighted by Crippen LogP contribution is -2.47. The number of rotatable bonds is 55. The number of phosphoric acid groups is 1. The van der Waals surface area contributed by atoms with E-state index in [2.05, 4.69) is 38.2 Å². The van der Waals surface area contributed by atoms with Crippen LogP contribution in [0, 0.1) is 0 Å². The maximum atomic E-state index is 13.5. The summed E-state index contributed by atoms with van der Waals surface area (Å²) in [4.78, 5) is 37.6. The number of ether oxygens (including phenoxy) is 1. The van der Waals surface area contributed by atoms with E-state index in [1.807, 2.05) is 33.3 Å². The van der Waals surface area contributed by atoms with E-state index >= 15 is 0 Å². The molecule has 0 aliphatic carbocycles. The number of quaternary nitrogens is 1. The molecule has 0 rings (SSSR count). The highest BCUT2D eigenvalue weighted by Crippen LogP contribution is 2.43. The third-order valence-corrected chi connectivity index (χ3v) is 14.6. The molecule has 0 aromatic rings. The van der Waals surface area contributed by atoms with Crippen molar-refractivity contribution in [2.75, 3.05) is 40.9 Å². The minimum Gasteiger partial charge on any atom is -0.456 e. The van der Waals surface area contributed by atoms with Crippen LogP contribution < -0.4 is 5.32 Å². The standard InChI is InChI=1S/C60H117N2O7P/c1-7-10-13-16-19-22-25-27-29-30-31-32-33-34-37-40-43-46-49-52-59(63)61-57(56-68-70(65,66)67-55-54-62(4,5)6)58(51-48-45-42-39-36-24-21-18-15-12-9-3)69-60(64)53-50-47-44-41-38-35-28-26-23-20-17-14-11-8-2/h35,38,48,51,57-58H,7-34,36-37,39-47,49-50,52-56H2,1-6H3,(H-,61,63,65,66)/p+1/b38-35-,51-48+. The van der Waals surface area contributed by atoms with Crippen LogP contribution in [-0.4, -0.2) is 74.3 Å². The van der Waals surface area contributed by atoms with Gasteiger partial charge in [-0.15, -0.1) is 0 Å². The summed E-state index contributed by atoms with van der Waals surface area (Å²) >= 11 is 0. The highest BCUT2D eigenvalue weighted by Gasteiger charge is 2.30. The fraction of sp³-hybridized carbons (Fsp3) is 0.900. The lowest BCUT2D eigenvalue weighted by Gasteiger charge is -2.27. The van der Waals surface area contributed by atoms with Crippen LogP contribution in [0.1, 0.15) is 297 Å². The van der Waals surface area contributed by atoms with Gasteiger partial charge in [-0.2, -0.15) is 0 Å². The van der Waals surface area contributed by atoms with E-state index in [0.29, 0.717) is 17.4 Å². The molecule has 0 aliphatic heterocycles. The first-order valence-electron chi connectivity index (χ1n) is 30.2. The molecule has 2 N–H and O–H groups in total. The predicted molar refractivity (Wildman–Crippen MR) is 300 cm³/mol. The molecule has 3 unspecified atom stereocenters. The molecule has 9 nitrogen and oxygen atoms in total. The van der Waals surface area contributed by atoms with E-state index in [9.17, 15) is 19.0 Å². The molecule has 1 amide bonds. The van der Waals surface area contributed by atoms with Gasteiger partial charge in [0.2, 0.25) is 5.91 Å². The second-order valence-corrected chi connectivity index (χ2v) is 23.3. The van der Waals surface area contributed by atoms with E-state index in [1.165, 1.54) is 193 Å². The van der Waals surface area contributed by atoms with Crippen molar-refractivity contribution in [1.82, 2.24) is 5.32 Å². The van der Waals surface area contributed by atoms with Crippen molar-refractivity contribution in [2.45, 2.75) is 309 Å². The number of phosphoric ester groups is 1. The van der Waals surface area contributed by atoms with Crippen LogP contribution in [0.3, 0.4) is 0 Å². The van der Waals surface area contributed by atoms with Crippen LogP contribution >= 0.6 is 7.82 Å². The SMILES string of the molecule is CCCCCCCCC/C=C\CCCCCC(=O)OC(/C=C/CCCCCCCCCCC)C(COP(=O)(O)OCC[N+](C)(C)C)NC(=O)CCCCCCCCCCCCCCCCCCCCC. The van der Waals surface area contributed by atoms with Crippen molar-refractivity contribution in [3.63, 3.8) is 0 Å². The Balaban J connectivity index is 5.22. The molecule has 0 aliphatic rings. The van der Waals surface area contributed by atoms with Gasteiger partial charge in [0.05, 0.1) is 33.8 Å². The Bertz CT molecular complexity index is 1250. The van der Waals surface area contributed by atoms with Gasteiger partial charge in [-0.05, 0) is 57.4 Å². The van der Waals surface area contributed by atoms with Crippen molar-refractivity contribution in [3.8, 4) is 0 Å². The average molecular weight is 1010 g/mol. The first-order chi connectivity index (χ1) is 33.9. The van der Waals surface area contributed by atoms with Crippen LogP contribution in [0.25, 0.3) is 0 Å². The van der Waals surface area contributed by atoms with Gasteiger partial charge < -0.3 is 19.4 Å². The normalized spacial score (nSPS) is 13.9. The lowest BCUT2D eigenvalue weighted by atomic mass is 10.0. The minimum absolute atomic E-state index is 0.0414. The van der Waals surface area contributed by atoms with Crippen molar-refractivity contribution in [1.29, 1.82) is 0 Å². The first kappa shape index (κ1) is 68.5. The molecule has 0 bridgehead atoms. The van der Waals surface area contributed by atoms with Gasteiger partial charge in [-0.1, -0.05) is 251 Å². The Labute approximate surface area is 434 Å². The van der Waals surface area contributed by atoms with Gasteiger partial charge in [-0.25, -0.2) is 4.57 Å². The van der Waals surface area contributed by atoms with Crippen LogP contribution in [0.2, 0.25) is 0 Å². The zero-order valence-electron chi connectivity index (χ0n) is 47.3. The van der Waals surface area contributed by atoms with Crippen LogP contribution in [0.4, 0.5) is 0 Å². The largest absolute Gasteiger partial charge is 0.472 e. The highest BCUT2D eigenvalue weighted by atomic mass is 31.2. The number of nitrogens with one attached hydrogen (secondary N) is 1. The molecule has 0 heterocycles. The van der Waals surface area contributed by atoms with Gasteiger partial charge in [0, 0.05) is 12.8 Å². The molecule has 3 atom stereocenters. The summed E-state index contributed by atoms with van der Waals surface area (Å²) in [5, 5.41) is 3.05. The molecule has 70 heavy (non-hydrogen) atoms. The van der Waals surface area contributed by atoms with Crippen LogP contribution in [-0.2, 0) is 27.9 Å². The Morgan fingerprint density at radius 1 is 0.486 bits per heavy atom. The molecular formula is C60H118N2O7P+. The molecule has 0 saturated heterocycles. The third-order valence-electron chi connectivity index (χ3n) is 13.6. The molecule has 0 aromatic heterocycles. The number of allylic oxidation sites excluding steroid dienone is 3. The summed E-state index contributed by atoms with van der Waals surface area (Å²) in [7, 11) is 1.50. The second-order valence-electron chi connectivity index (χ2n) is 21.9. The molecule has 0 radical (unpaired) electrons. The quantitative estimate of drug-likeness (QED) is 0.0205. The maximum absolute atomic E-state index is 13.5. The van der Waals surface area contributed by atoms with Crippen molar-refractivity contribution < 1.29 is 37.3 Å². The zero-order chi connectivity index (χ0) is 51.5. The topological polar surface area (TPSA) is 111 Å². The zero-order valence-corrected chi connectivity index (χ0v) is 48.2. The van der Waals surface area contributed by atoms with E-state index in [-0.39, 0.29) is 31.5 Å². The Morgan fingerprint density at radius 2 is 0.829 bits per heavy atom. The number of carbonyl (C=O) groups excluding carboxylic acids is 2. The molecule has 0 saturated carbocycles. The summed E-state index contributed by atoms with van der Waals surface area (Å²) in [5.74, 6) is -0.510. The lowest BCUT2D eigenvalue weighted by molar-refractivity contribution is -0.870. The van der Waals surface area contributed by atoms with E-state index in [1.54, 1.807) is 0 Å². The summed E-state index contributed by atoms with van der Waals surface area (Å²) in [6, 6.07) is -0.847. The summed E-state index contributed by atoms with van der Waals surface area (Å²) < 4.78 is 30.6. The molecule has 0 aromatic carbocycles. The Morgan fingerprint density at radius 3 is 1.23 bits per heavy atom. The third kappa shape index (κ3) is 51.4. The van der Waals surface area contributed by atoms with Crippen LogP contribution in [0.15, 0.2) is 24.3 Å². The van der Waals surface area contributed by atoms with Gasteiger partial charge in [0.15, 0.2) is 0 Å². The monoisotopic (exact) mass is 1010 g/mol. The summed E-state index contributed by atoms with van der Waals surface area (Å²) in [6.07, 6.45) is 58.9. The molecule has 0 fully saturated rings. The Hall–Kier alpha value is -1.51. The number of hydrogen-bond donors (Lipinski definition) is 2. The number of hydrogen-bond acceptors (Lipinski definition) is 6. The van der Waals surface area contributed by atoms with Crippen molar-refractivity contribution in [2.24, 2.45) is 0 Å². The van der Waals surface area contributed by atoms with E-state index < -0.39 is 20.0 Å². The number of likely N-dealkylation sites (N-methyl/N-ethyl adjacent to an activating group) is 1. The first-order valence-corrected chi connectivity index (χ1v) is 31.7. The van der Waals surface area contributed by atoms with Crippen molar-refractivity contribution in [3.05, 3.63) is 24.3 Å². The number of nitrogens with zero attached hydrogens (tertiary/aromatic N) is 1. The fourth-order valence-electron chi connectivity index (χ4n) is 8.94. The van der Waals surface area contributed by atoms with Gasteiger partial charge in [0.25, 0.3) is 0 Å². The Kier molecular flexibility index (Phi) is 49.9. The number of unbranched alkanes of at least 4 members (excludes halogenated alkanes) is 37. The highest BCUT2D eigenvalue weighted by molar-refractivity contribution is 7.47. The molecule has 414 valence electrons. The predicted octanol–water partition coefficient (Wildman–Crippen LogP) is 18.2. The average Bonchev–Trinajstić information content (AvgIpc) is 3.32. The minimum atomic E-state index is -4.44. The van der Waals surface area contributed by atoms with Gasteiger partial charge in [-0.3, -0.25) is 18.6 Å². The summed E-state index contributed by atoms with van der Waals surface area (Å²) in [6.45, 7) is 7.03. The van der Waals surface area contributed by atoms with E-state index in [4.69, 9.17) is 13.8 Å². The fourth-order valence-corrected chi connectivity index (χ4v) is 9.67. The van der Waals surface area contributed by atoms with E-state index in [0.717, 1.165) is 70.6 Å². The summed E-state index contributed by atoms with van der Waals surface area (Å²) in [5.41, 5.74) is 0. The maximum Gasteiger partial charge on any atom is 0.472 e. The number of amides is 1.